The number of likely N-dealkylation sites (tertiary alicyclic amines) is 1. The molecule has 0 bridgehead atoms. The molecular formula is C18H25N5O2S. The van der Waals surface area contributed by atoms with Crippen molar-refractivity contribution in [1.82, 2.24) is 24.8 Å². The fraction of sp³-hybridized carbons (Fsp3) is 0.611. The molecule has 0 radical (unpaired) electrons. The van der Waals surface area contributed by atoms with Crippen LogP contribution in [0, 0.1) is 12.8 Å². The Morgan fingerprint density at radius 2 is 2.31 bits per heavy atom. The number of nitrogens with zero attached hydrogens (tertiary/aromatic N) is 4. The Hall–Kier alpha value is -1.77. The maximum Gasteiger partial charge on any atom is 0.287 e. The maximum absolute atomic E-state index is 12.2. The van der Waals surface area contributed by atoms with E-state index in [1.165, 1.54) is 4.88 Å². The number of hydrogen-bond donors (Lipinski definition) is 1. The summed E-state index contributed by atoms with van der Waals surface area (Å²) in [6.07, 6.45) is 5.44. The summed E-state index contributed by atoms with van der Waals surface area (Å²) in [7, 11) is 1.83. The highest BCUT2D eigenvalue weighted by Gasteiger charge is 2.52. The first-order valence-electron chi connectivity index (χ1n) is 9.08. The third-order valence-corrected chi connectivity index (χ3v) is 6.52. The minimum absolute atomic E-state index is 0.0213. The third kappa shape index (κ3) is 3.28. The summed E-state index contributed by atoms with van der Waals surface area (Å²) in [4.78, 5) is 24.4. The highest BCUT2D eigenvalue weighted by Crippen LogP contribution is 2.42. The van der Waals surface area contributed by atoms with E-state index in [9.17, 15) is 4.79 Å². The van der Waals surface area contributed by atoms with Gasteiger partial charge in [0, 0.05) is 57.1 Å². The summed E-state index contributed by atoms with van der Waals surface area (Å²) in [5, 5.41) is 3.00. The molecule has 0 unspecified atom stereocenters. The van der Waals surface area contributed by atoms with Gasteiger partial charge in [-0.3, -0.25) is 9.69 Å². The SMILES string of the molecule is Cc1ncsc1CN1CC2(C1)OCC[C@H]2CCNC(=O)c1nccn1C. The average molecular weight is 375 g/mol. The van der Waals surface area contributed by atoms with Gasteiger partial charge < -0.3 is 14.6 Å². The van der Waals surface area contributed by atoms with Crippen molar-refractivity contribution in [1.29, 1.82) is 0 Å². The van der Waals surface area contributed by atoms with Gasteiger partial charge in [0.05, 0.1) is 16.8 Å². The molecule has 8 heteroatoms. The Morgan fingerprint density at radius 1 is 1.46 bits per heavy atom. The smallest absolute Gasteiger partial charge is 0.287 e. The molecule has 2 aromatic rings. The normalized spacial score (nSPS) is 21.8. The molecule has 0 aliphatic carbocycles. The number of nitrogens with one attached hydrogen (secondary N) is 1. The van der Waals surface area contributed by atoms with E-state index in [0.717, 1.165) is 44.8 Å². The quantitative estimate of drug-likeness (QED) is 0.830. The first kappa shape index (κ1) is 17.6. The number of amides is 1. The maximum atomic E-state index is 12.2. The van der Waals surface area contributed by atoms with Gasteiger partial charge in [0.1, 0.15) is 0 Å². The molecule has 1 spiro atoms. The van der Waals surface area contributed by atoms with Crippen LogP contribution in [0.2, 0.25) is 0 Å². The molecule has 26 heavy (non-hydrogen) atoms. The second-order valence-electron chi connectivity index (χ2n) is 7.31. The van der Waals surface area contributed by atoms with Gasteiger partial charge in [-0.1, -0.05) is 0 Å². The van der Waals surface area contributed by atoms with Gasteiger partial charge in [-0.05, 0) is 25.7 Å². The number of aryl methyl sites for hydroxylation is 2. The van der Waals surface area contributed by atoms with Crippen LogP contribution in [0.3, 0.4) is 0 Å². The lowest BCUT2D eigenvalue weighted by atomic mass is 9.79. The van der Waals surface area contributed by atoms with E-state index in [2.05, 4.69) is 27.1 Å². The number of thiazole rings is 1. The zero-order valence-electron chi connectivity index (χ0n) is 15.3. The summed E-state index contributed by atoms with van der Waals surface area (Å²) < 4.78 is 7.87. The van der Waals surface area contributed by atoms with Crippen LogP contribution in [-0.2, 0) is 18.3 Å². The van der Waals surface area contributed by atoms with Gasteiger partial charge >= 0.3 is 0 Å². The van der Waals surface area contributed by atoms with Crippen molar-refractivity contribution < 1.29 is 9.53 Å². The predicted octanol–water partition coefficient (Wildman–Crippen LogP) is 1.60. The fourth-order valence-corrected chi connectivity index (χ4v) is 4.89. The average Bonchev–Trinajstić information content (AvgIpc) is 3.29. The molecular weight excluding hydrogens is 350 g/mol. The number of hydrogen-bond acceptors (Lipinski definition) is 6. The second kappa shape index (κ2) is 7.09. The zero-order valence-corrected chi connectivity index (χ0v) is 16.1. The minimum Gasteiger partial charge on any atom is -0.372 e. The van der Waals surface area contributed by atoms with Crippen molar-refractivity contribution >= 4 is 17.2 Å². The van der Waals surface area contributed by atoms with E-state index in [-0.39, 0.29) is 11.5 Å². The number of carbonyl (C=O) groups excluding carboxylic acids is 1. The minimum atomic E-state index is -0.110. The standard InChI is InChI=1S/C18H25N5O2S/c1-13-15(26-12-21-13)9-23-10-18(11-23)14(4-8-25-18)3-5-20-17(24)16-19-6-7-22(16)2/h6-7,12,14H,3-5,8-11H2,1-2H3,(H,20,24)/t14-/m1/s1. The largest absolute Gasteiger partial charge is 0.372 e. The van der Waals surface area contributed by atoms with E-state index in [0.29, 0.717) is 18.3 Å². The Kier molecular flexibility index (Phi) is 4.81. The molecule has 4 heterocycles. The molecule has 0 aromatic carbocycles. The van der Waals surface area contributed by atoms with Crippen LogP contribution in [0.4, 0.5) is 0 Å². The van der Waals surface area contributed by atoms with Gasteiger partial charge in [0.15, 0.2) is 5.82 Å². The van der Waals surface area contributed by atoms with E-state index >= 15 is 0 Å². The number of carbonyl (C=O) groups is 1. The zero-order chi connectivity index (χ0) is 18.1. The third-order valence-electron chi connectivity index (χ3n) is 5.60. The van der Waals surface area contributed by atoms with E-state index in [4.69, 9.17) is 4.74 Å². The van der Waals surface area contributed by atoms with Crippen LogP contribution in [0.15, 0.2) is 17.9 Å². The van der Waals surface area contributed by atoms with Crippen molar-refractivity contribution in [3.05, 3.63) is 34.3 Å². The molecule has 2 aromatic heterocycles. The van der Waals surface area contributed by atoms with Crippen LogP contribution in [0.1, 0.15) is 34.0 Å². The highest BCUT2D eigenvalue weighted by atomic mass is 32.1. The molecule has 1 amide bonds. The fourth-order valence-electron chi connectivity index (χ4n) is 4.07. The van der Waals surface area contributed by atoms with Crippen LogP contribution in [0.25, 0.3) is 0 Å². The van der Waals surface area contributed by atoms with Crippen molar-refractivity contribution in [2.24, 2.45) is 13.0 Å². The Bertz CT molecular complexity index is 780. The van der Waals surface area contributed by atoms with Crippen molar-refractivity contribution in [2.75, 3.05) is 26.2 Å². The summed E-state index contributed by atoms with van der Waals surface area (Å²) in [6.45, 7) is 6.47. The van der Waals surface area contributed by atoms with E-state index < -0.39 is 0 Å². The number of aromatic nitrogens is 3. The summed E-state index contributed by atoms with van der Waals surface area (Å²) in [5.41, 5.74) is 3.03. The second-order valence-corrected chi connectivity index (χ2v) is 8.25. The molecule has 2 fully saturated rings. The first-order valence-corrected chi connectivity index (χ1v) is 9.96. The van der Waals surface area contributed by atoms with Crippen molar-refractivity contribution in [3.8, 4) is 0 Å². The molecule has 7 nitrogen and oxygen atoms in total. The van der Waals surface area contributed by atoms with Crippen LogP contribution >= 0.6 is 11.3 Å². The van der Waals surface area contributed by atoms with Crippen molar-refractivity contribution in [3.63, 3.8) is 0 Å². The number of imidazole rings is 1. The Labute approximate surface area is 157 Å². The van der Waals surface area contributed by atoms with Gasteiger partial charge in [-0.15, -0.1) is 11.3 Å². The monoisotopic (exact) mass is 375 g/mol. The first-order chi connectivity index (χ1) is 12.6. The van der Waals surface area contributed by atoms with Crippen LogP contribution in [0.5, 0.6) is 0 Å². The summed E-state index contributed by atoms with van der Waals surface area (Å²) in [5.74, 6) is 0.849. The van der Waals surface area contributed by atoms with Gasteiger partial charge in [0.25, 0.3) is 5.91 Å². The van der Waals surface area contributed by atoms with E-state index in [1.54, 1.807) is 28.3 Å². The molecule has 2 aliphatic heterocycles. The summed E-state index contributed by atoms with van der Waals surface area (Å²) >= 11 is 1.73. The molecule has 2 saturated heterocycles. The number of ether oxygens (including phenoxy) is 1. The lowest BCUT2D eigenvalue weighted by Crippen LogP contribution is -2.64. The van der Waals surface area contributed by atoms with E-state index in [1.807, 2.05) is 12.6 Å². The predicted molar refractivity (Wildman–Crippen MR) is 99.1 cm³/mol. The molecule has 140 valence electrons. The van der Waals surface area contributed by atoms with Crippen molar-refractivity contribution in [2.45, 2.75) is 31.9 Å². The van der Waals surface area contributed by atoms with Gasteiger partial charge in [0.2, 0.25) is 0 Å². The van der Waals surface area contributed by atoms with Crippen LogP contribution < -0.4 is 5.32 Å². The Morgan fingerprint density at radius 3 is 3.00 bits per heavy atom. The van der Waals surface area contributed by atoms with Gasteiger partial charge in [-0.2, -0.15) is 0 Å². The molecule has 0 saturated carbocycles. The molecule has 4 rings (SSSR count). The number of rotatable bonds is 6. The Balaban J connectivity index is 1.26. The lowest BCUT2D eigenvalue weighted by Gasteiger charge is -2.50. The molecule has 1 N–H and O–H groups in total. The summed E-state index contributed by atoms with van der Waals surface area (Å²) in [6, 6.07) is 0. The lowest BCUT2D eigenvalue weighted by molar-refractivity contribution is -0.136. The molecule has 2 aliphatic rings. The van der Waals surface area contributed by atoms with Crippen LogP contribution in [-0.4, -0.2) is 57.2 Å². The topological polar surface area (TPSA) is 72.3 Å². The van der Waals surface area contributed by atoms with Gasteiger partial charge in [-0.25, -0.2) is 9.97 Å². The molecule has 1 atom stereocenters. The highest BCUT2D eigenvalue weighted by molar-refractivity contribution is 7.09.